The molecule has 8 heteroatoms. The van der Waals surface area contributed by atoms with Gasteiger partial charge in [-0.05, 0) is 28.2 Å². The molecule has 0 saturated carbocycles. The average molecular weight is 455 g/mol. The van der Waals surface area contributed by atoms with Gasteiger partial charge in [0.1, 0.15) is 18.7 Å². The van der Waals surface area contributed by atoms with Crippen LogP contribution in [0.15, 0.2) is 48.5 Å². The number of carboxylic acids is 1. The number of methoxy groups -OCH3 is 1. The van der Waals surface area contributed by atoms with Crippen molar-refractivity contribution in [1.29, 1.82) is 0 Å². The van der Waals surface area contributed by atoms with Gasteiger partial charge in [0.15, 0.2) is 0 Å². The fraction of sp³-hybridized carbons (Fsp3) is 0.400. The van der Waals surface area contributed by atoms with Gasteiger partial charge in [0.25, 0.3) is 0 Å². The topological polar surface area (TPSA) is 114 Å². The van der Waals surface area contributed by atoms with Crippen molar-refractivity contribution in [3.8, 4) is 11.1 Å². The molecule has 0 bridgehead atoms. The third kappa shape index (κ3) is 5.51. The van der Waals surface area contributed by atoms with Crippen molar-refractivity contribution in [2.24, 2.45) is 5.92 Å². The van der Waals surface area contributed by atoms with Gasteiger partial charge in [-0.15, -0.1) is 0 Å². The average Bonchev–Trinajstić information content (AvgIpc) is 3.13. The molecule has 0 spiro atoms. The van der Waals surface area contributed by atoms with E-state index < -0.39 is 30.1 Å². The van der Waals surface area contributed by atoms with Gasteiger partial charge in [0.05, 0.1) is 6.61 Å². The van der Waals surface area contributed by atoms with Crippen LogP contribution < -0.4 is 10.6 Å². The third-order valence-electron chi connectivity index (χ3n) is 6.06. The number of aliphatic carboxylic acids is 1. The zero-order chi connectivity index (χ0) is 24.0. The second kappa shape index (κ2) is 11.0. The van der Waals surface area contributed by atoms with E-state index in [0.717, 1.165) is 22.3 Å². The highest BCUT2D eigenvalue weighted by molar-refractivity contribution is 5.89. The van der Waals surface area contributed by atoms with E-state index in [1.165, 1.54) is 7.11 Å². The number of carboxylic acid groups (broad SMARTS) is 1. The summed E-state index contributed by atoms with van der Waals surface area (Å²) in [6.07, 6.45) is -0.198. The van der Waals surface area contributed by atoms with Gasteiger partial charge in [-0.3, -0.25) is 4.79 Å². The molecule has 2 aromatic carbocycles. The lowest BCUT2D eigenvalue weighted by molar-refractivity contribution is -0.143. The van der Waals surface area contributed by atoms with E-state index >= 15 is 0 Å². The number of carbonyl (C=O) groups is 3. The first-order chi connectivity index (χ1) is 15.9. The second-order valence-corrected chi connectivity index (χ2v) is 8.19. The molecule has 2 amide bonds. The van der Waals surface area contributed by atoms with Gasteiger partial charge < -0.3 is 25.2 Å². The Kier molecular flexibility index (Phi) is 8.06. The lowest BCUT2D eigenvalue weighted by Crippen LogP contribution is -2.55. The molecule has 0 saturated heterocycles. The summed E-state index contributed by atoms with van der Waals surface area (Å²) in [5, 5.41) is 14.4. The fourth-order valence-electron chi connectivity index (χ4n) is 4.07. The molecule has 0 fully saturated rings. The van der Waals surface area contributed by atoms with Crippen LogP contribution in [0.3, 0.4) is 0 Å². The van der Waals surface area contributed by atoms with Crippen LogP contribution in [0.4, 0.5) is 4.79 Å². The predicted molar refractivity (Wildman–Crippen MR) is 123 cm³/mol. The monoisotopic (exact) mass is 454 g/mol. The number of rotatable bonds is 10. The van der Waals surface area contributed by atoms with Crippen LogP contribution in [0.25, 0.3) is 11.1 Å². The Balaban J connectivity index is 1.65. The molecule has 176 valence electrons. The lowest BCUT2D eigenvalue weighted by Gasteiger charge is -2.24. The maximum Gasteiger partial charge on any atom is 0.407 e. The van der Waals surface area contributed by atoms with Gasteiger partial charge >= 0.3 is 12.1 Å². The number of hydrogen-bond acceptors (Lipinski definition) is 5. The van der Waals surface area contributed by atoms with Gasteiger partial charge in [-0.25, -0.2) is 9.59 Å². The first-order valence-electron chi connectivity index (χ1n) is 11.0. The number of carbonyl (C=O) groups excluding carboxylic acids is 2. The molecule has 1 aliphatic rings. The van der Waals surface area contributed by atoms with Gasteiger partial charge in [-0.1, -0.05) is 68.8 Å². The summed E-state index contributed by atoms with van der Waals surface area (Å²) in [6.45, 7) is 3.56. The van der Waals surface area contributed by atoms with Crippen LogP contribution in [0, 0.1) is 5.92 Å². The molecule has 2 aromatic rings. The number of alkyl carbamates (subject to hydrolysis) is 1. The van der Waals surface area contributed by atoms with Crippen LogP contribution in [0.1, 0.15) is 37.3 Å². The number of benzene rings is 2. The summed E-state index contributed by atoms with van der Waals surface area (Å²) in [4.78, 5) is 36.7. The summed E-state index contributed by atoms with van der Waals surface area (Å²) in [7, 11) is 1.39. The molecule has 3 rings (SSSR count). The highest BCUT2D eigenvalue weighted by Gasteiger charge is 2.31. The maximum absolute atomic E-state index is 12.7. The van der Waals surface area contributed by atoms with Crippen LogP contribution in [-0.4, -0.2) is 55.5 Å². The molecule has 8 nitrogen and oxygen atoms in total. The van der Waals surface area contributed by atoms with Crippen molar-refractivity contribution < 1.29 is 29.0 Å². The van der Waals surface area contributed by atoms with Crippen LogP contribution in [-0.2, 0) is 19.1 Å². The Morgan fingerprint density at radius 3 is 2.09 bits per heavy atom. The number of fused-ring (bicyclic) bond motifs is 3. The van der Waals surface area contributed by atoms with Crippen molar-refractivity contribution >= 4 is 18.0 Å². The summed E-state index contributed by atoms with van der Waals surface area (Å²) in [5.74, 6) is -2.16. The van der Waals surface area contributed by atoms with Crippen molar-refractivity contribution in [2.75, 3.05) is 20.3 Å². The molecule has 33 heavy (non-hydrogen) atoms. The maximum atomic E-state index is 12.7. The first-order valence-corrected chi connectivity index (χ1v) is 11.0. The van der Waals surface area contributed by atoms with E-state index in [1.807, 2.05) is 55.5 Å². The number of hydrogen-bond donors (Lipinski definition) is 3. The number of amides is 2. The first kappa shape index (κ1) is 24.3. The minimum absolute atomic E-state index is 0.103. The normalized spacial score (nSPS) is 15.0. The predicted octanol–water partition coefficient (Wildman–Crippen LogP) is 3.16. The smallest absolute Gasteiger partial charge is 0.407 e. The van der Waals surface area contributed by atoms with Gasteiger partial charge in [-0.2, -0.15) is 0 Å². The second-order valence-electron chi connectivity index (χ2n) is 8.19. The molecule has 0 aliphatic heterocycles. The largest absolute Gasteiger partial charge is 0.480 e. The molecule has 3 unspecified atom stereocenters. The third-order valence-corrected chi connectivity index (χ3v) is 6.06. The zero-order valence-electron chi connectivity index (χ0n) is 19.0. The molecule has 3 N–H and O–H groups in total. The van der Waals surface area contributed by atoms with Gasteiger partial charge in [0.2, 0.25) is 5.91 Å². The Labute approximate surface area is 193 Å². The SMILES string of the molecule is CCC(C)C(NC(=O)C(COC)NC(=O)OCC1c2ccccc2-c2ccccc21)C(=O)O. The summed E-state index contributed by atoms with van der Waals surface area (Å²) >= 11 is 0. The summed E-state index contributed by atoms with van der Waals surface area (Å²) in [5.41, 5.74) is 4.39. The van der Waals surface area contributed by atoms with E-state index in [2.05, 4.69) is 10.6 Å². The molecular weight excluding hydrogens is 424 g/mol. The highest BCUT2D eigenvalue weighted by Crippen LogP contribution is 2.44. The standard InChI is InChI=1S/C25H30N2O6/c1-4-15(2)22(24(29)30)27-23(28)21(14-32-3)26-25(31)33-13-20-18-11-7-5-9-16(18)17-10-6-8-12-19(17)20/h5-12,15,20-22H,4,13-14H2,1-3H3,(H,26,31)(H,27,28)(H,29,30). The van der Waals surface area contributed by atoms with Crippen molar-refractivity contribution in [3.63, 3.8) is 0 Å². The molecule has 0 radical (unpaired) electrons. The highest BCUT2D eigenvalue weighted by atomic mass is 16.5. The minimum atomic E-state index is -1.13. The van der Waals surface area contributed by atoms with E-state index in [0.29, 0.717) is 6.42 Å². The number of nitrogens with one attached hydrogen (secondary N) is 2. The van der Waals surface area contributed by atoms with Gasteiger partial charge in [0, 0.05) is 13.0 Å². The van der Waals surface area contributed by atoms with E-state index in [4.69, 9.17) is 9.47 Å². The van der Waals surface area contributed by atoms with E-state index in [1.54, 1.807) is 6.92 Å². The Hall–Kier alpha value is -3.39. The zero-order valence-corrected chi connectivity index (χ0v) is 19.0. The molecule has 1 aliphatic carbocycles. The molecule has 0 aromatic heterocycles. The number of ether oxygens (including phenoxy) is 2. The molecule has 0 heterocycles. The minimum Gasteiger partial charge on any atom is -0.480 e. The summed E-state index contributed by atoms with van der Waals surface area (Å²) in [6, 6.07) is 13.8. The molecular formula is C25H30N2O6. The lowest BCUT2D eigenvalue weighted by atomic mass is 9.98. The summed E-state index contributed by atoms with van der Waals surface area (Å²) < 4.78 is 10.5. The fourth-order valence-corrected chi connectivity index (χ4v) is 4.07. The van der Waals surface area contributed by atoms with Crippen LogP contribution in [0.2, 0.25) is 0 Å². The van der Waals surface area contributed by atoms with E-state index in [9.17, 15) is 19.5 Å². The molecule has 3 atom stereocenters. The Bertz CT molecular complexity index is 962. The van der Waals surface area contributed by atoms with E-state index in [-0.39, 0.29) is 25.0 Å². The Morgan fingerprint density at radius 1 is 1.00 bits per heavy atom. The quantitative estimate of drug-likeness (QED) is 0.508. The van der Waals surface area contributed by atoms with Crippen LogP contribution >= 0.6 is 0 Å². The van der Waals surface area contributed by atoms with Crippen molar-refractivity contribution in [1.82, 2.24) is 10.6 Å². The Morgan fingerprint density at radius 2 is 1.58 bits per heavy atom. The van der Waals surface area contributed by atoms with Crippen LogP contribution in [0.5, 0.6) is 0 Å². The van der Waals surface area contributed by atoms with Crippen molar-refractivity contribution in [3.05, 3.63) is 59.7 Å². The van der Waals surface area contributed by atoms with Crippen molar-refractivity contribution in [2.45, 2.75) is 38.3 Å².